The molecule has 0 radical (unpaired) electrons. The number of hydrogen-bond donors (Lipinski definition) is 4. The van der Waals surface area contributed by atoms with Gasteiger partial charge in [-0.2, -0.15) is 0 Å². The van der Waals surface area contributed by atoms with Crippen LogP contribution in [0.4, 0.5) is 9.59 Å². The molecule has 16 heteroatoms. The number of amides is 4. The first-order valence-electron chi connectivity index (χ1n) is 23.0. The number of carbonyl (C=O) groups is 4. The van der Waals surface area contributed by atoms with Crippen LogP contribution < -0.4 is 10.6 Å². The van der Waals surface area contributed by atoms with Crippen LogP contribution >= 0.6 is 0 Å². The number of imidazole rings is 2. The van der Waals surface area contributed by atoms with Gasteiger partial charge < -0.3 is 49.3 Å². The molecule has 2 aromatic heterocycles. The zero-order valence-corrected chi connectivity index (χ0v) is 38.8. The van der Waals surface area contributed by atoms with Crippen LogP contribution in [-0.4, -0.2) is 106 Å². The number of rotatable bonds is 11. The van der Waals surface area contributed by atoms with Crippen molar-refractivity contribution in [2.75, 3.05) is 34.0 Å². The topological polar surface area (TPSA) is 193 Å². The fourth-order valence-corrected chi connectivity index (χ4v) is 10.1. The van der Waals surface area contributed by atoms with Gasteiger partial charge in [-0.25, -0.2) is 19.6 Å². The van der Waals surface area contributed by atoms with Crippen LogP contribution in [0.2, 0.25) is 0 Å². The molecule has 3 fully saturated rings. The van der Waals surface area contributed by atoms with E-state index >= 15 is 0 Å². The number of likely N-dealkylation sites (tertiary alicyclic amines) is 1. The van der Waals surface area contributed by atoms with Crippen LogP contribution in [0.25, 0.3) is 60.4 Å². The van der Waals surface area contributed by atoms with Gasteiger partial charge in [0.2, 0.25) is 5.91 Å². The number of benzene rings is 5. The van der Waals surface area contributed by atoms with E-state index in [1.54, 1.807) is 21.9 Å². The first-order valence-corrected chi connectivity index (χ1v) is 23.0. The monoisotopic (exact) mass is 918 g/mol. The minimum atomic E-state index is -1.00. The highest BCUT2D eigenvalue weighted by Gasteiger charge is 2.53. The molecule has 16 nitrogen and oxygen atoms in total. The number of nitrogens with one attached hydrogen (secondary N) is 4. The standard InChI is InChI=1S/C52H54N8O8/c1-27(2)41(57-50(63)65-6)48(61)59-26-52(67-21-22-68-52)25-40(59)47-54-39-20-16-35-24-33(14-18-37(35)44(39)56-47)32-13-17-36-34(23-32)15-19-38-43(36)55-46(53-38)30(5)60(45-28(3)29(45)4)49(62)42(58-51(64)66-7)31-11-9-8-10-12-31/h8-20,23-24,27-29,40-42,45H,5,21-22,25-26H2,1-4,6-7H3,(H,53,55)(H,54,56)(H,57,63)(H,58,64)/t28-,29+,40-,41-,42+,45?/m0/s1. The highest BCUT2D eigenvalue weighted by atomic mass is 16.7. The van der Waals surface area contributed by atoms with E-state index in [1.807, 2.05) is 44.2 Å². The molecule has 7 aromatic rings. The van der Waals surface area contributed by atoms with Gasteiger partial charge >= 0.3 is 12.2 Å². The second-order valence-electron chi connectivity index (χ2n) is 18.5. The number of ether oxygens (including phenoxy) is 4. The summed E-state index contributed by atoms with van der Waals surface area (Å²) < 4.78 is 21.9. The Bertz CT molecular complexity index is 3130. The maximum Gasteiger partial charge on any atom is 0.407 e. The fourth-order valence-electron chi connectivity index (χ4n) is 10.1. The molecule has 3 aliphatic rings. The molecular weight excluding hydrogens is 865 g/mol. The van der Waals surface area contributed by atoms with E-state index in [4.69, 9.17) is 28.9 Å². The lowest BCUT2D eigenvalue weighted by molar-refractivity contribution is -0.153. The van der Waals surface area contributed by atoms with Gasteiger partial charge in [0.25, 0.3) is 5.91 Å². The Labute approximate surface area is 392 Å². The van der Waals surface area contributed by atoms with Crippen LogP contribution in [-0.2, 0) is 28.5 Å². The minimum Gasteiger partial charge on any atom is -0.453 e. The van der Waals surface area contributed by atoms with E-state index in [0.29, 0.717) is 42.5 Å². The van der Waals surface area contributed by atoms with Gasteiger partial charge in [-0.3, -0.25) is 9.59 Å². The molecule has 5 aromatic carbocycles. The van der Waals surface area contributed by atoms with Gasteiger partial charge in [-0.05, 0) is 69.5 Å². The zero-order chi connectivity index (χ0) is 47.6. The number of aromatic amines is 2. The molecule has 6 atom stereocenters. The van der Waals surface area contributed by atoms with Crippen LogP contribution in [0.3, 0.4) is 0 Å². The van der Waals surface area contributed by atoms with Crippen LogP contribution in [0.1, 0.15) is 63.4 Å². The summed E-state index contributed by atoms with van der Waals surface area (Å²) in [7, 11) is 2.55. The smallest absolute Gasteiger partial charge is 0.407 e. The third-order valence-electron chi connectivity index (χ3n) is 14.1. The number of hydrogen-bond acceptors (Lipinski definition) is 10. The van der Waals surface area contributed by atoms with Gasteiger partial charge in [0.05, 0.1) is 67.8 Å². The summed E-state index contributed by atoms with van der Waals surface area (Å²) in [5.41, 5.74) is 6.22. The Balaban J connectivity index is 0.938. The first kappa shape index (κ1) is 44.5. The van der Waals surface area contributed by atoms with Crippen molar-refractivity contribution in [2.24, 2.45) is 17.8 Å². The normalized spacial score (nSPS) is 20.5. The number of H-pyrrole nitrogens is 2. The third-order valence-corrected chi connectivity index (χ3v) is 14.1. The molecule has 2 saturated heterocycles. The molecular formula is C52H54N8O8. The average Bonchev–Trinajstić information content (AvgIpc) is 4.01. The Hall–Kier alpha value is -7.30. The highest BCUT2D eigenvalue weighted by molar-refractivity contribution is 6.08. The summed E-state index contributed by atoms with van der Waals surface area (Å²) >= 11 is 0. The molecule has 2 aliphatic heterocycles. The number of nitrogens with zero attached hydrogens (tertiary/aromatic N) is 4. The summed E-state index contributed by atoms with van der Waals surface area (Å²) in [6.07, 6.45) is -1.01. The van der Waals surface area contributed by atoms with Crippen LogP contribution in [0.5, 0.6) is 0 Å². The average molecular weight is 919 g/mol. The Morgan fingerprint density at radius 2 is 1.38 bits per heavy atom. The lowest BCUT2D eigenvalue weighted by Crippen LogP contribution is -2.52. The molecule has 1 spiro atoms. The van der Waals surface area contributed by atoms with Crippen molar-refractivity contribution in [1.82, 2.24) is 40.4 Å². The number of alkyl carbamates (subject to hydrolysis) is 2. The SMILES string of the molecule is C=C(c1nc2c(ccc3cc(-c4ccc5c(ccc6[nH]c([C@@H]7CC8(CN7C(=O)[C@@H](NC(=O)OC)C(C)C)OCCO8)nc65)c4)ccc32)[nH]1)N(C(=O)[C@H](NC(=O)OC)c1ccccc1)C1[C@@H](C)[C@H]1C. The molecule has 350 valence electrons. The lowest BCUT2D eigenvalue weighted by Gasteiger charge is -2.30. The van der Waals surface area contributed by atoms with E-state index in [2.05, 4.69) is 89.6 Å². The van der Waals surface area contributed by atoms with Crippen molar-refractivity contribution >= 4 is 73.3 Å². The largest absolute Gasteiger partial charge is 0.453 e. The van der Waals surface area contributed by atoms with Crippen molar-refractivity contribution in [1.29, 1.82) is 0 Å². The molecule has 0 bridgehead atoms. The summed E-state index contributed by atoms with van der Waals surface area (Å²) in [6.45, 7) is 13.4. The maximum atomic E-state index is 14.5. The molecule has 1 unspecified atom stereocenters. The number of aromatic nitrogens is 4. The molecule has 1 aliphatic carbocycles. The second-order valence-corrected chi connectivity index (χ2v) is 18.5. The Morgan fingerprint density at radius 1 is 0.794 bits per heavy atom. The van der Waals surface area contributed by atoms with Gasteiger partial charge in [0.1, 0.15) is 17.9 Å². The van der Waals surface area contributed by atoms with Gasteiger partial charge in [0, 0.05) is 23.2 Å². The second kappa shape index (κ2) is 17.4. The third kappa shape index (κ3) is 7.86. The highest BCUT2D eigenvalue weighted by Crippen LogP contribution is 2.47. The van der Waals surface area contributed by atoms with Crippen LogP contribution in [0.15, 0.2) is 97.6 Å². The lowest BCUT2D eigenvalue weighted by atomic mass is 9.98. The molecule has 68 heavy (non-hydrogen) atoms. The van der Waals surface area contributed by atoms with E-state index < -0.39 is 36.1 Å². The van der Waals surface area contributed by atoms with Gasteiger partial charge in [-0.1, -0.05) is 101 Å². The van der Waals surface area contributed by atoms with Crippen molar-refractivity contribution < 1.29 is 38.1 Å². The van der Waals surface area contributed by atoms with Gasteiger partial charge in [-0.15, -0.1) is 0 Å². The number of methoxy groups -OCH3 is 2. The van der Waals surface area contributed by atoms with Crippen molar-refractivity contribution in [3.05, 3.63) is 115 Å². The summed E-state index contributed by atoms with van der Waals surface area (Å²) in [5.74, 6) is -0.270. The molecule has 10 rings (SSSR count). The summed E-state index contributed by atoms with van der Waals surface area (Å²) in [6, 6.07) is 27.4. The Morgan fingerprint density at radius 3 is 1.97 bits per heavy atom. The minimum absolute atomic E-state index is 0.134. The quantitative estimate of drug-likeness (QED) is 0.0980. The first-order chi connectivity index (χ1) is 32.8. The number of fused-ring (bicyclic) bond motifs is 6. The van der Waals surface area contributed by atoms with Crippen molar-refractivity contribution in [3.8, 4) is 11.1 Å². The van der Waals surface area contributed by atoms with E-state index in [9.17, 15) is 19.2 Å². The molecule has 4 heterocycles. The predicted octanol–water partition coefficient (Wildman–Crippen LogP) is 8.36. The van der Waals surface area contributed by atoms with Gasteiger partial charge in [0.15, 0.2) is 11.6 Å². The molecule has 1 saturated carbocycles. The van der Waals surface area contributed by atoms with E-state index in [1.165, 1.54) is 14.2 Å². The van der Waals surface area contributed by atoms with Crippen LogP contribution in [0, 0.1) is 17.8 Å². The predicted molar refractivity (Wildman–Crippen MR) is 257 cm³/mol. The maximum absolute atomic E-state index is 14.5. The molecule has 4 N–H and O–H groups in total. The van der Waals surface area contributed by atoms with Crippen molar-refractivity contribution in [2.45, 2.75) is 64.1 Å². The van der Waals surface area contributed by atoms with E-state index in [0.717, 1.165) is 54.7 Å². The Kier molecular flexibility index (Phi) is 11.4. The summed E-state index contributed by atoms with van der Waals surface area (Å²) in [5, 5.41) is 9.32. The van der Waals surface area contributed by atoms with Crippen molar-refractivity contribution in [3.63, 3.8) is 0 Å². The number of carbonyl (C=O) groups excluding carboxylic acids is 4. The summed E-state index contributed by atoms with van der Waals surface area (Å²) in [4.78, 5) is 74.0. The zero-order valence-electron chi connectivity index (χ0n) is 38.8. The molecule has 4 amide bonds. The fraction of sp³-hybridized carbons (Fsp3) is 0.346. The van der Waals surface area contributed by atoms with E-state index in [-0.39, 0.29) is 42.2 Å².